The zero-order valence-corrected chi connectivity index (χ0v) is 10.1. The Bertz CT molecular complexity index is 362. The van der Waals surface area contributed by atoms with Gasteiger partial charge in [0.1, 0.15) is 0 Å². The van der Waals surface area contributed by atoms with Gasteiger partial charge in [0.25, 0.3) is 0 Å². The third-order valence-corrected chi connectivity index (χ3v) is 2.33. The van der Waals surface area contributed by atoms with Crippen molar-refractivity contribution in [2.24, 2.45) is 0 Å². The average Bonchev–Trinajstić information content (AvgIpc) is 2.21. The zero-order chi connectivity index (χ0) is 11.4. The fourth-order valence-corrected chi connectivity index (χ4v) is 1.30. The predicted octanol–water partition coefficient (Wildman–Crippen LogP) is 2.09. The van der Waals surface area contributed by atoms with Crippen LogP contribution in [0.1, 0.15) is 0 Å². The van der Waals surface area contributed by atoms with Crippen LogP contribution in [0.15, 0.2) is 28.7 Å². The number of nitrogens with zero attached hydrogens (tertiary/aromatic N) is 2. The molecule has 0 saturated heterocycles. The number of carbonyl (C=O) groups is 2. The number of anilines is 1. The van der Waals surface area contributed by atoms with Gasteiger partial charge in [0.2, 0.25) is 6.41 Å². The Labute approximate surface area is 96.6 Å². The van der Waals surface area contributed by atoms with Crippen LogP contribution in [0, 0.1) is 0 Å². The summed E-state index contributed by atoms with van der Waals surface area (Å²) in [6, 6.07) is 6.57. The third-order valence-electron chi connectivity index (χ3n) is 1.80. The van der Waals surface area contributed by atoms with Gasteiger partial charge in [-0.15, -0.1) is 0 Å². The number of amides is 3. The molecule has 1 aromatic carbocycles. The summed E-state index contributed by atoms with van der Waals surface area (Å²) in [5.74, 6) is 0. The van der Waals surface area contributed by atoms with Crippen molar-refractivity contribution in [2.45, 2.75) is 0 Å². The second kappa shape index (κ2) is 4.93. The Balaban J connectivity index is 2.97. The summed E-state index contributed by atoms with van der Waals surface area (Å²) in [6.45, 7) is 0. The minimum atomic E-state index is -0.368. The quantitative estimate of drug-likeness (QED) is 0.773. The Hall–Kier alpha value is -1.36. The van der Waals surface area contributed by atoms with Gasteiger partial charge in [-0.2, -0.15) is 0 Å². The second-order valence-corrected chi connectivity index (χ2v) is 4.04. The van der Waals surface area contributed by atoms with Crippen molar-refractivity contribution in [3.63, 3.8) is 0 Å². The first-order chi connectivity index (χ1) is 7.06. The molecule has 15 heavy (non-hydrogen) atoms. The van der Waals surface area contributed by atoms with E-state index in [9.17, 15) is 9.59 Å². The molecule has 4 nitrogen and oxygen atoms in total. The van der Waals surface area contributed by atoms with E-state index in [1.54, 1.807) is 38.4 Å². The highest BCUT2D eigenvalue weighted by Gasteiger charge is 2.16. The van der Waals surface area contributed by atoms with E-state index in [4.69, 9.17) is 0 Å². The molecule has 0 fully saturated rings. The number of benzene rings is 1. The van der Waals surface area contributed by atoms with E-state index in [0.717, 1.165) is 9.37 Å². The molecule has 0 aliphatic heterocycles. The van der Waals surface area contributed by atoms with E-state index >= 15 is 0 Å². The molecule has 0 atom stereocenters. The van der Waals surface area contributed by atoms with Crippen LogP contribution >= 0.6 is 15.9 Å². The van der Waals surface area contributed by atoms with Crippen molar-refractivity contribution in [3.05, 3.63) is 28.7 Å². The van der Waals surface area contributed by atoms with Crippen molar-refractivity contribution < 1.29 is 9.59 Å². The van der Waals surface area contributed by atoms with Crippen LogP contribution in [0.5, 0.6) is 0 Å². The number of imide groups is 1. The molecule has 0 spiro atoms. The van der Waals surface area contributed by atoms with E-state index in [0.29, 0.717) is 12.1 Å². The van der Waals surface area contributed by atoms with Crippen molar-refractivity contribution in [2.75, 3.05) is 19.0 Å². The van der Waals surface area contributed by atoms with Crippen molar-refractivity contribution >= 4 is 34.1 Å². The monoisotopic (exact) mass is 270 g/mol. The lowest BCUT2D eigenvalue weighted by Gasteiger charge is -2.20. The molecule has 0 saturated carbocycles. The van der Waals surface area contributed by atoms with Gasteiger partial charge >= 0.3 is 6.03 Å². The molecule has 0 aromatic heterocycles. The zero-order valence-electron chi connectivity index (χ0n) is 8.48. The number of hydrogen-bond donors (Lipinski definition) is 0. The van der Waals surface area contributed by atoms with Gasteiger partial charge in [-0.3, -0.25) is 4.79 Å². The lowest BCUT2D eigenvalue weighted by atomic mass is 10.3. The van der Waals surface area contributed by atoms with Gasteiger partial charge < -0.3 is 4.90 Å². The molecule has 0 N–H and O–H groups in total. The van der Waals surface area contributed by atoms with Crippen molar-refractivity contribution in [3.8, 4) is 0 Å². The van der Waals surface area contributed by atoms with E-state index in [1.165, 1.54) is 4.90 Å². The number of halogens is 1. The largest absolute Gasteiger partial charge is 0.330 e. The Morgan fingerprint density at radius 2 is 1.80 bits per heavy atom. The summed E-state index contributed by atoms with van der Waals surface area (Å²) >= 11 is 3.28. The normalized spacial score (nSPS) is 9.53. The first kappa shape index (κ1) is 11.7. The molecule has 0 aliphatic carbocycles. The van der Waals surface area contributed by atoms with Gasteiger partial charge in [-0.1, -0.05) is 15.9 Å². The molecule has 5 heteroatoms. The van der Waals surface area contributed by atoms with Crippen LogP contribution in [-0.4, -0.2) is 31.4 Å². The number of urea groups is 1. The van der Waals surface area contributed by atoms with Crippen LogP contribution < -0.4 is 4.90 Å². The van der Waals surface area contributed by atoms with Crippen LogP contribution in [0.4, 0.5) is 10.5 Å². The van der Waals surface area contributed by atoms with Crippen LogP contribution in [0.2, 0.25) is 0 Å². The highest BCUT2D eigenvalue weighted by Crippen LogP contribution is 2.18. The number of rotatable bonds is 2. The molecule has 3 amide bonds. The smallest absolute Gasteiger partial charge is 0.330 e. The highest BCUT2D eigenvalue weighted by molar-refractivity contribution is 9.10. The van der Waals surface area contributed by atoms with E-state index in [1.807, 2.05) is 0 Å². The summed E-state index contributed by atoms with van der Waals surface area (Å²) in [6.07, 6.45) is 0.506. The fourth-order valence-electron chi connectivity index (χ4n) is 1.03. The molecule has 0 aliphatic rings. The minimum absolute atomic E-state index is 0.368. The first-order valence-electron chi connectivity index (χ1n) is 4.27. The van der Waals surface area contributed by atoms with Crippen LogP contribution in [0.3, 0.4) is 0 Å². The fraction of sp³-hybridized carbons (Fsp3) is 0.200. The summed E-state index contributed by atoms with van der Waals surface area (Å²) < 4.78 is 0.898. The molecule has 1 aromatic rings. The first-order valence-corrected chi connectivity index (χ1v) is 5.07. The molecular weight excluding hydrogens is 260 g/mol. The molecule has 80 valence electrons. The lowest BCUT2D eigenvalue weighted by Crippen LogP contribution is -2.38. The number of hydrogen-bond acceptors (Lipinski definition) is 2. The van der Waals surface area contributed by atoms with E-state index < -0.39 is 0 Å². The van der Waals surface area contributed by atoms with Crippen molar-refractivity contribution in [1.29, 1.82) is 0 Å². The standard InChI is InChI=1S/C10H11BrN2O2/c1-12(2)10(15)13(7-14)9-5-3-8(11)4-6-9/h3-7H,1-2H3. The Morgan fingerprint density at radius 3 is 2.20 bits per heavy atom. The summed E-state index contributed by atoms with van der Waals surface area (Å²) in [4.78, 5) is 24.8. The number of carbonyl (C=O) groups excluding carboxylic acids is 2. The Kier molecular flexibility index (Phi) is 3.85. The lowest BCUT2D eigenvalue weighted by molar-refractivity contribution is -0.106. The maximum atomic E-state index is 11.6. The Morgan fingerprint density at radius 1 is 1.27 bits per heavy atom. The van der Waals surface area contributed by atoms with E-state index in [2.05, 4.69) is 15.9 Å². The maximum Gasteiger partial charge on any atom is 0.330 e. The summed E-state index contributed by atoms with van der Waals surface area (Å²) in [7, 11) is 3.19. The van der Waals surface area contributed by atoms with Gasteiger partial charge in [-0.05, 0) is 24.3 Å². The van der Waals surface area contributed by atoms with Gasteiger partial charge in [-0.25, -0.2) is 9.69 Å². The van der Waals surface area contributed by atoms with E-state index in [-0.39, 0.29) is 6.03 Å². The summed E-state index contributed by atoms with van der Waals surface area (Å²) in [5.41, 5.74) is 0.548. The second-order valence-electron chi connectivity index (χ2n) is 3.13. The molecule has 0 bridgehead atoms. The average molecular weight is 271 g/mol. The highest BCUT2D eigenvalue weighted by atomic mass is 79.9. The van der Waals surface area contributed by atoms with Crippen LogP contribution in [-0.2, 0) is 4.79 Å². The van der Waals surface area contributed by atoms with Gasteiger partial charge in [0, 0.05) is 18.6 Å². The van der Waals surface area contributed by atoms with Gasteiger partial charge in [0.15, 0.2) is 0 Å². The molecular formula is C10H11BrN2O2. The van der Waals surface area contributed by atoms with Gasteiger partial charge in [0.05, 0.1) is 5.69 Å². The third kappa shape index (κ3) is 2.79. The SMILES string of the molecule is CN(C)C(=O)N(C=O)c1ccc(Br)cc1. The minimum Gasteiger partial charge on any atom is -0.330 e. The molecule has 0 radical (unpaired) electrons. The molecule has 1 rings (SSSR count). The topological polar surface area (TPSA) is 40.6 Å². The van der Waals surface area contributed by atoms with Crippen molar-refractivity contribution in [1.82, 2.24) is 4.90 Å². The van der Waals surface area contributed by atoms with Crippen LogP contribution in [0.25, 0.3) is 0 Å². The maximum absolute atomic E-state index is 11.6. The summed E-state index contributed by atoms with van der Waals surface area (Å²) in [5, 5.41) is 0. The molecule has 0 unspecified atom stereocenters. The predicted molar refractivity (Wildman–Crippen MR) is 61.8 cm³/mol. The molecule has 0 heterocycles.